The lowest BCUT2D eigenvalue weighted by molar-refractivity contribution is 0.0770. The summed E-state index contributed by atoms with van der Waals surface area (Å²) in [5, 5.41) is 0. The number of hydrogen-bond donors (Lipinski definition) is 0. The van der Waals surface area contributed by atoms with E-state index < -0.39 is 0 Å². The maximum absolute atomic E-state index is 12.1. The molecule has 0 spiro atoms. The predicted molar refractivity (Wildman–Crippen MR) is 63.8 cm³/mol. The molecule has 1 aromatic carbocycles. The number of hydrogen-bond acceptors (Lipinski definition) is 1. The second kappa shape index (κ2) is 4.62. The molecule has 0 fully saturated rings. The molecular formula is C12H12BrNO. The van der Waals surface area contributed by atoms with Crippen molar-refractivity contribution < 1.29 is 4.79 Å². The molecule has 0 aromatic heterocycles. The third-order valence-corrected chi connectivity index (χ3v) is 3.14. The first-order valence-electron chi connectivity index (χ1n) is 4.98. The van der Waals surface area contributed by atoms with Gasteiger partial charge >= 0.3 is 0 Å². The van der Waals surface area contributed by atoms with E-state index in [1.54, 1.807) is 0 Å². The molecule has 15 heavy (non-hydrogen) atoms. The summed E-state index contributed by atoms with van der Waals surface area (Å²) < 4.78 is 0.865. The van der Waals surface area contributed by atoms with E-state index in [0.717, 1.165) is 29.5 Å². The van der Waals surface area contributed by atoms with E-state index in [0.29, 0.717) is 0 Å². The van der Waals surface area contributed by atoms with E-state index in [1.165, 1.54) is 0 Å². The van der Waals surface area contributed by atoms with Crippen LogP contribution in [0.5, 0.6) is 0 Å². The van der Waals surface area contributed by atoms with Gasteiger partial charge in [-0.2, -0.15) is 0 Å². The fourth-order valence-electron chi connectivity index (χ4n) is 1.63. The Morgan fingerprint density at radius 2 is 2.07 bits per heavy atom. The summed E-state index contributed by atoms with van der Waals surface area (Å²) in [6.45, 7) is 1.54. The van der Waals surface area contributed by atoms with Gasteiger partial charge in [-0.3, -0.25) is 4.79 Å². The summed E-state index contributed by atoms with van der Waals surface area (Å²) >= 11 is 3.40. The van der Waals surface area contributed by atoms with Crippen molar-refractivity contribution >= 4 is 21.8 Å². The van der Waals surface area contributed by atoms with Gasteiger partial charge in [-0.05, 0) is 34.5 Å². The summed E-state index contributed by atoms with van der Waals surface area (Å²) in [4.78, 5) is 13.9. The average Bonchev–Trinajstić information content (AvgIpc) is 2.30. The van der Waals surface area contributed by atoms with Crippen LogP contribution in [0.3, 0.4) is 0 Å². The van der Waals surface area contributed by atoms with E-state index in [-0.39, 0.29) is 5.91 Å². The minimum Gasteiger partial charge on any atom is -0.335 e. The number of nitrogens with zero attached hydrogens (tertiary/aromatic N) is 1. The van der Waals surface area contributed by atoms with Crippen LogP contribution in [0, 0.1) is 0 Å². The topological polar surface area (TPSA) is 20.3 Å². The normalized spacial score (nSPS) is 15.4. The Balaban J connectivity index is 2.20. The standard InChI is InChI=1S/C12H12BrNO/c13-11-7-3-2-6-10(11)12(15)14-8-4-1-5-9-14/h1-4,6-7H,5,8-9H2. The van der Waals surface area contributed by atoms with Crippen LogP contribution in [-0.2, 0) is 0 Å². The van der Waals surface area contributed by atoms with Gasteiger partial charge in [-0.15, -0.1) is 0 Å². The Kier molecular flexibility index (Phi) is 3.21. The molecule has 0 unspecified atom stereocenters. The summed E-state index contributed by atoms with van der Waals surface area (Å²) in [6.07, 6.45) is 5.11. The highest BCUT2D eigenvalue weighted by Gasteiger charge is 2.17. The maximum atomic E-state index is 12.1. The molecule has 1 aromatic rings. The molecule has 0 radical (unpaired) electrons. The first-order valence-corrected chi connectivity index (χ1v) is 5.77. The SMILES string of the molecule is O=C(c1ccccc1Br)N1CC=CCC1. The van der Waals surface area contributed by atoms with Gasteiger partial charge in [0, 0.05) is 17.6 Å². The van der Waals surface area contributed by atoms with Gasteiger partial charge in [0.2, 0.25) is 0 Å². The maximum Gasteiger partial charge on any atom is 0.255 e. The molecule has 1 aliphatic heterocycles. The summed E-state index contributed by atoms with van der Waals surface area (Å²) in [7, 11) is 0. The lowest BCUT2D eigenvalue weighted by atomic mass is 10.1. The molecule has 0 atom stereocenters. The predicted octanol–water partition coefficient (Wildman–Crippen LogP) is 2.85. The van der Waals surface area contributed by atoms with Crippen molar-refractivity contribution in [2.45, 2.75) is 6.42 Å². The number of amides is 1. The molecule has 0 aliphatic carbocycles. The number of rotatable bonds is 1. The van der Waals surface area contributed by atoms with Gasteiger partial charge < -0.3 is 4.90 Å². The van der Waals surface area contributed by atoms with Crippen LogP contribution in [0.4, 0.5) is 0 Å². The van der Waals surface area contributed by atoms with Crippen molar-refractivity contribution in [1.29, 1.82) is 0 Å². The zero-order valence-electron chi connectivity index (χ0n) is 8.32. The van der Waals surface area contributed by atoms with Crippen molar-refractivity contribution in [2.24, 2.45) is 0 Å². The molecule has 0 saturated carbocycles. The highest BCUT2D eigenvalue weighted by atomic mass is 79.9. The van der Waals surface area contributed by atoms with Crippen LogP contribution < -0.4 is 0 Å². The molecule has 2 nitrogen and oxygen atoms in total. The molecule has 2 rings (SSSR count). The first kappa shape index (κ1) is 10.4. The molecule has 0 bridgehead atoms. The second-order valence-corrected chi connectivity index (χ2v) is 4.35. The molecule has 1 aliphatic rings. The number of carbonyl (C=O) groups is 1. The Bertz CT molecular complexity index is 400. The summed E-state index contributed by atoms with van der Waals surface area (Å²) in [6, 6.07) is 7.55. The third kappa shape index (κ3) is 2.29. The number of halogens is 1. The lowest BCUT2D eigenvalue weighted by Gasteiger charge is -2.23. The van der Waals surface area contributed by atoms with Crippen LogP contribution in [0.1, 0.15) is 16.8 Å². The quantitative estimate of drug-likeness (QED) is 0.716. The van der Waals surface area contributed by atoms with Crippen molar-refractivity contribution in [2.75, 3.05) is 13.1 Å². The fourth-order valence-corrected chi connectivity index (χ4v) is 2.09. The van der Waals surface area contributed by atoms with Gasteiger partial charge in [0.05, 0.1) is 5.56 Å². The molecule has 3 heteroatoms. The molecule has 1 amide bonds. The van der Waals surface area contributed by atoms with E-state index in [9.17, 15) is 4.79 Å². The van der Waals surface area contributed by atoms with E-state index in [4.69, 9.17) is 0 Å². The van der Waals surface area contributed by atoms with E-state index in [2.05, 4.69) is 22.0 Å². The van der Waals surface area contributed by atoms with Crippen LogP contribution in [0.25, 0.3) is 0 Å². The lowest BCUT2D eigenvalue weighted by Crippen LogP contribution is -2.33. The van der Waals surface area contributed by atoms with Gasteiger partial charge in [-0.25, -0.2) is 0 Å². The smallest absolute Gasteiger partial charge is 0.255 e. The summed E-state index contributed by atoms with van der Waals surface area (Å²) in [5.74, 6) is 0.104. The number of carbonyl (C=O) groups excluding carboxylic acids is 1. The van der Waals surface area contributed by atoms with Crippen molar-refractivity contribution in [3.63, 3.8) is 0 Å². The zero-order valence-corrected chi connectivity index (χ0v) is 9.90. The van der Waals surface area contributed by atoms with E-state index in [1.807, 2.05) is 35.2 Å². The Labute approximate surface area is 97.7 Å². The first-order chi connectivity index (χ1) is 7.29. The van der Waals surface area contributed by atoms with Crippen LogP contribution in [-0.4, -0.2) is 23.9 Å². The minimum absolute atomic E-state index is 0.104. The van der Waals surface area contributed by atoms with Gasteiger partial charge in [0.1, 0.15) is 0 Å². The van der Waals surface area contributed by atoms with E-state index >= 15 is 0 Å². The molecular weight excluding hydrogens is 254 g/mol. The zero-order chi connectivity index (χ0) is 10.7. The third-order valence-electron chi connectivity index (χ3n) is 2.45. The van der Waals surface area contributed by atoms with Crippen LogP contribution in [0.2, 0.25) is 0 Å². The van der Waals surface area contributed by atoms with Crippen LogP contribution in [0.15, 0.2) is 40.9 Å². The average molecular weight is 266 g/mol. The highest BCUT2D eigenvalue weighted by molar-refractivity contribution is 9.10. The van der Waals surface area contributed by atoms with Crippen molar-refractivity contribution in [3.8, 4) is 0 Å². The van der Waals surface area contributed by atoms with Crippen molar-refractivity contribution in [3.05, 3.63) is 46.5 Å². The second-order valence-electron chi connectivity index (χ2n) is 3.49. The van der Waals surface area contributed by atoms with Gasteiger partial charge in [-0.1, -0.05) is 24.3 Å². The fraction of sp³-hybridized carbons (Fsp3) is 0.250. The Morgan fingerprint density at radius 1 is 1.27 bits per heavy atom. The Hall–Kier alpha value is -1.09. The minimum atomic E-state index is 0.104. The largest absolute Gasteiger partial charge is 0.335 e. The molecule has 0 N–H and O–H groups in total. The molecule has 1 heterocycles. The molecule has 0 saturated heterocycles. The van der Waals surface area contributed by atoms with Gasteiger partial charge in [0.15, 0.2) is 0 Å². The van der Waals surface area contributed by atoms with Crippen molar-refractivity contribution in [1.82, 2.24) is 4.90 Å². The summed E-state index contributed by atoms with van der Waals surface area (Å²) in [5.41, 5.74) is 0.743. The Morgan fingerprint density at radius 3 is 2.73 bits per heavy atom. The monoisotopic (exact) mass is 265 g/mol. The van der Waals surface area contributed by atoms with Gasteiger partial charge in [0.25, 0.3) is 5.91 Å². The van der Waals surface area contributed by atoms with Crippen LogP contribution >= 0.6 is 15.9 Å². The highest BCUT2D eigenvalue weighted by Crippen LogP contribution is 2.18. The number of benzene rings is 1. The molecule has 78 valence electrons.